The number of hydrogen-bond donors (Lipinski definition) is 2. The van der Waals surface area contributed by atoms with Gasteiger partial charge in [-0.15, -0.1) is 0 Å². The van der Waals surface area contributed by atoms with E-state index < -0.39 is 17.5 Å². The van der Waals surface area contributed by atoms with Gasteiger partial charge in [-0.2, -0.15) is 0 Å². The van der Waals surface area contributed by atoms with Crippen molar-refractivity contribution >= 4 is 33.8 Å². The maximum atomic E-state index is 13.2. The van der Waals surface area contributed by atoms with Crippen molar-refractivity contribution in [1.82, 2.24) is 4.98 Å². The van der Waals surface area contributed by atoms with E-state index in [0.717, 1.165) is 23.5 Å². The highest BCUT2D eigenvalue weighted by molar-refractivity contribution is 7.17. The highest BCUT2D eigenvalue weighted by Crippen LogP contribution is 2.27. The number of nitrogens with one attached hydrogen (secondary N) is 2. The Morgan fingerprint density at radius 3 is 2.36 bits per heavy atom. The molecule has 0 saturated heterocycles. The molecule has 0 saturated carbocycles. The minimum atomic E-state index is -1.04. The number of amides is 1. The van der Waals surface area contributed by atoms with E-state index in [9.17, 15) is 18.0 Å². The second-order valence-electron chi connectivity index (χ2n) is 5.15. The molecular weight excluding hydrogens is 351 g/mol. The minimum Gasteiger partial charge on any atom is -0.332 e. The Balaban J connectivity index is 1.75. The Morgan fingerprint density at radius 2 is 1.68 bits per heavy atom. The number of carbonyl (C=O) groups is 1. The van der Waals surface area contributed by atoms with Crippen molar-refractivity contribution in [1.29, 1.82) is 0 Å². The van der Waals surface area contributed by atoms with Crippen LogP contribution in [-0.4, -0.2) is 10.9 Å². The Bertz CT molecular complexity index is 925. The first kappa shape index (κ1) is 17.0. The normalized spacial score (nSPS) is 10.6. The van der Waals surface area contributed by atoms with E-state index in [1.807, 2.05) is 0 Å². The summed E-state index contributed by atoms with van der Waals surface area (Å²) in [5.74, 6) is -2.86. The lowest BCUT2D eigenvalue weighted by Gasteiger charge is -2.04. The Kier molecular flexibility index (Phi) is 4.71. The Labute approximate surface area is 145 Å². The Hall–Kier alpha value is -2.87. The molecule has 128 valence electrons. The van der Waals surface area contributed by atoms with Gasteiger partial charge in [0, 0.05) is 17.4 Å². The van der Waals surface area contributed by atoms with Gasteiger partial charge >= 0.3 is 0 Å². The van der Waals surface area contributed by atoms with Crippen LogP contribution in [0.1, 0.15) is 15.4 Å². The van der Waals surface area contributed by atoms with E-state index in [-0.39, 0.29) is 11.5 Å². The van der Waals surface area contributed by atoms with Crippen LogP contribution in [0.2, 0.25) is 0 Å². The number of thiazole rings is 1. The summed E-state index contributed by atoms with van der Waals surface area (Å²) in [7, 11) is 0. The first-order chi connectivity index (χ1) is 11.9. The molecule has 0 fully saturated rings. The van der Waals surface area contributed by atoms with Crippen LogP contribution in [0.5, 0.6) is 0 Å². The van der Waals surface area contributed by atoms with E-state index in [2.05, 4.69) is 15.6 Å². The fourth-order valence-electron chi connectivity index (χ4n) is 2.08. The summed E-state index contributed by atoms with van der Waals surface area (Å²) in [5.41, 5.74) is 1.25. The van der Waals surface area contributed by atoms with Gasteiger partial charge in [0.15, 0.2) is 16.8 Å². The number of hydrogen-bond acceptors (Lipinski definition) is 4. The van der Waals surface area contributed by atoms with Crippen LogP contribution in [0.3, 0.4) is 0 Å². The number of halogens is 3. The number of aromatic nitrogens is 1. The third kappa shape index (κ3) is 3.97. The molecule has 2 N–H and O–H groups in total. The predicted molar refractivity (Wildman–Crippen MR) is 90.8 cm³/mol. The number of nitrogens with zero attached hydrogens (tertiary/aromatic N) is 1. The molecule has 8 heteroatoms. The van der Waals surface area contributed by atoms with Crippen molar-refractivity contribution in [2.75, 3.05) is 10.6 Å². The third-order valence-corrected chi connectivity index (χ3v) is 4.35. The van der Waals surface area contributed by atoms with Crippen molar-refractivity contribution in [3.8, 4) is 0 Å². The van der Waals surface area contributed by atoms with Gasteiger partial charge in [-0.05, 0) is 43.3 Å². The molecule has 0 unspecified atom stereocenters. The average molecular weight is 363 g/mol. The number of aryl methyl sites for hydroxylation is 1. The molecule has 1 amide bonds. The number of benzene rings is 2. The van der Waals surface area contributed by atoms with Gasteiger partial charge in [0.1, 0.15) is 10.7 Å². The number of rotatable bonds is 4. The molecular formula is C17H12F3N3OS. The van der Waals surface area contributed by atoms with Crippen molar-refractivity contribution < 1.29 is 18.0 Å². The Morgan fingerprint density at radius 1 is 1.00 bits per heavy atom. The fraction of sp³-hybridized carbons (Fsp3) is 0.0588. The first-order valence-electron chi connectivity index (χ1n) is 7.19. The molecule has 1 heterocycles. The molecule has 0 bridgehead atoms. The van der Waals surface area contributed by atoms with Crippen molar-refractivity contribution in [3.63, 3.8) is 0 Å². The van der Waals surface area contributed by atoms with Crippen molar-refractivity contribution in [2.24, 2.45) is 0 Å². The van der Waals surface area contributed by atoms with Crippen LogP contribution in [-0.2, 0) is 0 Å². The van der Waals surface area contributed by atoms with Crippen LogP contribution in [0.25, 0.3) is 0 Å². The molecule has 0 aliphatic carbocycles. The van der Waals surface area contributed by atoms with E-state index >= 15 is 0 Å². The molecule has 0 atom stereocenters. The van der Waals surface area contributed by atoms with Gasteiger partial charge in [-0.3, -0.25) is 4.79 Å². The molecule has 2 aromatic carbocycles. The largest absolute Gasteiger partial charge is 0.332 e. The van der Waals surface area contributed by atoms with Crippen LogP contribution < -0.4 is 10.6 Å². The average Bonchev–Trinajstić information content (AvgIpc) is 2.94. The molecule has 0 spiro atoms. The van der Waals surface area contributed by atoms with Gasteiger partial charge in [-0.25, -0.2) is 18.2 Å². The van der Waals surface area contributed by atoms with Crippen molar-refractivity contribution in [2.45, 2.75) is 6.92 Å². The van der Waals surface area contributed by atoms with Crippen LogP contribution in [0.4, 0.5) is 29.7 Å². The minimum absolute atomic E-state index is 0.143. The fourth-order valence-corrected chi connectivity index (χ4v) is 2.96. The maximum absolute atomic E-state index is 13.2. The smallest absolute Gasteiger partial charge is 0.267 e. The van der Waals surface area contributed by atoms with E-state index in [1.165, 1.54) is 18.2 Å². The second-order valence-corrected chi connectivity index (χ2v) is 6.15. The summed E-state index contributed by atoms with van der Waals surface area (Å²) in [4.78, 5) is 16.9. The zero-order valence-electron chi connectivity index (χ0n) is 12.9. The third-order valence-electron chi connectivity index (χ3n) is 3.28. The number of anilines is 3. The topological polar surface area (TPSA) is 54.0 Å². The SMILES string of the molecule is Cc1nc(Nc2ccc(F)cc2)sc1C(=O)Nc1ccc(F)c(F)c1. The predicted octanol–water partition coefficient (Wildman–Crippen LogP) is 4.86. The van der Waals surface area contributed by atoms with Gasteiger partial charge in [-0.1, -0.05) is 11.3 Å². The van der Waals surface area contributed by atoms with E-state index in [0.29, 0.717) is 21.4 Å². The molecule has 1 aromatic heterocycles. The summed E-state index contributed by atoms with van der Waals surface area (Å²) in [5, 5.41) is 5.94. The quantitative estimate of drug-likeness (QED) is 0.696. The highest BCUT2D eigenvalue weighted by Gasteiger charge is 2.16. The summed E-state index contributed by atoms with van der Waals surface area (Å²) in [6.45, 7) is 1.66. The zero-order valence-corrected chi connectivity index (χ0v) is 13.8. The lowest BCUT2D eigenvalue weighted by molar-refractivity contribution is 0.103. The van der Waals surface area contributed by atoms with Gasteiger partial charge in [0.2, 0.25) is 0 Å². The standard InChI is InChI=1S/C17H12F3N3OS/c1-9-15(16(24)22-12-6-7-13(19)14(20)8-12)25-17(21-9)23-11-4-2-10(18)3-5-11/h2-8H,1H3,(H,21,23)(H,22,24). The molecule has 0 aliphatic rings. The zero-order chi connectivity index (χ0) is 18.0. The van der Waals surface area contributed by atoms with E-state index in [4.69, 9.17) is 0 Å². The highest BCUT2D eigenvalue weighted by atomic mass is 32.1. The summed E-state index contributed by atoms with van der Waals surface area (Å²) in [6.07, 6.45) is 0. The maximum Gasteiger partial charge on any atom is 0.267 e. The molecule has 0 aliphatic heterocycles. The van der Waals surface area contributed by atoms with Gasteiger partial charge in [0.25, 0.3) is 5.91 Å². The van der Waals surface area contributed by atoms with Crippen molar-refractivity contribution in [3.05, 3.63) is 70.5 Å². The van der Waals surface area contributed by atoms with E-state index in [1.54, 1.807) is 19.1 Å². The second kappa shape index (κ2) is 6.94. The first-order valence-corrected chi connectivity index (χ1v) is 8.00. The lowest BCUT2D eigenvalue weighted by atomic mass is 10.3. The van der Waals surface area contributed by atoms with Crippen LogP contribution in [0.15, 0.2) is 42.5 Å². The number of carbonyl (C=O) groups excluding carboxylic acids is 1. The molecule has 4 nitrogen and oxygen atoms in total. The molecule has 0 radical (unpaired) electrons. The van der Waals surface area contributed by atoms with Crippen LogP contribution in [0, 0.1) is 24.4 Å². The monoisotopic (exact) mass is 363 g/mol. The molecule has 3 rings (SSSR count). The lowest BCUT2D eigenvalue weighted by Crippen LogP contribution is -2.11. The summed E-state index contributed by atoms with van der Waals surface area (Å²) < 4.78 is 39.1. The molecule has 3 aromatic rings. The summed E-state index contributed by atoms with van der Waals surface area (Å²) in [6, 6.07) is 8.82. The van der Waals surface area contributed by atoms with Crippen LogP contribution >= 0.6 is 11.3 Å². The molecule has 25 heavy (non-hydrogen) atoms. The van der Waals surface area contributed by atoms with Gasteiger partial charge < -0.3 is 10.6 Å². The summed E-state index contributed by atoms with van der Waals surface area (Å²) >= 11 is 1.10. The van der Waals surface area contributed by atoms with Gasteiger partial charge in [0.05, 0.1) is 5.69 Å².